The first-order chi connectivity index (χ1) is 7.54. The molecule has 0 spiro atoms. The molecule has 1 aliphatic heterocycles. The quantitative estimate of drug-likeness (QED) is 0.892. The lowest BCUT2D eigenvalue weighted by molar-refractivity contribution is 0.0339. The summed E-state index contributed by atoms with van der Waals surface area (Å²) in [6.07, 6.45) is 0. The predicted molar refractivity (Wildman–Crippen MR) is 64.3 cm³/mol. The summed E-state index contributed by atoms with van der Waals surface area (Å²) in [7, 11) is 1.51. The second-order valence-corrected chi connectivity index (χ2v) is 4.96. The van der Waals surface area contributed by atoms with Crippen molar-refractivity contribution in [1.82, 2.24) is 5.32 Å². The second kappa shape index (κ2) is 4.14. The van der Waals surface area contributed by atoms with Gasteiger partial charge in [0.2, 0.25) is 0 Å². The highest BCUT2D eigenvalue weighted by Crippen LogP contribution is 2.38. The Morgan fingerprint density at radius 3 is 2.56 bits per heavy atom. The maximum absolute atomic E-state index is 9.66. The lowest BCUT2D eigenvalue weighted by atomic mass is 10.00. The first-order valence-corrected chi connectivity index (χ1v) is 5.80. The SMILES string of the molecule is COc1cc(Br)c(OC2(C)CNC2)cc1O. The van der Waals surface area contributed by atoms with Crippen molar-refractivity contribution < 1.29 is 14.6 Å². The number of hydrogen-bond acceptors (Lipinski definition) is 4. The van der Waals surface area contributed by atoms with Gasteiger partial charge in [0.1, 0.15) is 11.4 Å². The van der Waals surface area contributed by atoms with Gasteiger partial charge in [-0.2, -0.15) is 0 Å². The summed E-state index contributed by atoms with van der Waals surface area (Å²) in [6, 6.07) is 3.26. The fourth-order valence-electron chi connectivity index (χ4n) is 1.58. The zero-order chi connectivity index (χ0) is 11.8. The lowest BCUT2D eigenvalue weighted by Gasteiger charge is -2.39. The molecule has 1 aromatic carbocycles. The van der Waals surface area contributed by atoms with Crippen molar-refractivity contribution in [3.8, 4) is 17.2 Å². The number of phenols is 1. The standard InChI is InChI=1S/C11H14BrNO3/c1-11(5-13-6-11)16-9-4-8(14)10(15-2)3-7(9)12/h3-4,13-14H,5-6H2,1-2H3. The molecule has 0 amide bonds. The van der Waals surface area contributed by atoms with E-state index in [1.165, 1.54) is 7.11 Å². The van der Waals surface area contributed by atoms with Crippen molar-refractivity contribution in [3.05, 3.63) is 16.6 Å². The van der Waals surface area contributed by atoms with Crippen LogP contribution in [0, 0.1) is 0 Å². The third-order valence-electron chi connectivity index (χ3n) is 2.59. The van der Waals surface area contributed by atoms with Crippen LogP contribution in [-0.2, 0) is 0 Å². The molecule has 1 saturated heterocycles. The number of phenolic OH excluding ortho intramolecular Hbond substituents is 1. The van der Waals surface area contributed by atoms with E-state index in [4.69, 9.17) is 9.47 Å². The molecule has 2 N–H and O–H groups in total. The van der Waals surface area contributed by atoms with Crippen molar-refractivity contribution in [2.45, 2.75) is 12.5 Å². The van der Waals surface area contributed by atoms with E-state index in [2.05, 4.69) is 21.2 Å². The maximum Gasteiger partial charge on any atom is 0.161 e. The van der Waals surface area contributed by atoms with Crippen molar-refractivity contribution in [1.29, 1.82) is 0 Å². The van der Waals surface area contributed by atoms with Gasteiger partial charge in [-0.1, -0.05) is 0 Å². The number of rotatable bonds is 3. The van der Waals surface area contributed by atoms with Crippen molar-refractivity contribution in [2.24, 2.45) is 0 Å². The summed E-state index contributed by atoms with van der Waals surface area (Å²) < 4.78 is 11.6. The van der Waals surface area contributed by atoms with Gasteiger partial charge < -0.3 is 19.9 Å². The molecular formula is C11H14BrNO3. The lowest BCUT2D eigenvalue weighted by Crippen LogP contribution is -2.61. The number of benzene rings is 1. The molecular weight excluding hydrogens is 274 g/mol. The monoisotopic (exact) mass is 287 g/mol. The fourth-order valence-corrected chi connectivity index (χ4v) is 1.98. The Hall–Kier alpha value is -0.940. The highest BCUT2D eigenvalue weighted by molar-refractivity contribution is 9.10. The zero-order valence-corrected chi connectivity index (χ0v) is 10.8. The summed E-state index contributed by atoms with van der Waals surface area (Å²) in [4.78, 5) is 0. The van der Waals surface area contributed by atoms with Gasteiger partial charge in [0.05, 0.1) is 11.6 Å². The fraction of sp³-hybridized carbons (Fsp3) is 0.455. The molecule has 0 radical (unpaired) electrons. The maximum atomic E-state index is 9.66. The zero-order valence-electron chi connectivity index (χ0n) is 9.21. The van der Waals surface area contributed by atoms with E-state index >= 15 is 0 Å². The summed E-state index contributed by atoms with van der Waals surface area (Å²) in [5.74, 6) is 1.13. The van der Waals surface area contributed by atoms with Gasteiger partial charge in [-0.3, -0.25) is 0 Å². The van der Waals surface area contributed by atoms with Crippen LogP contribution >= 0.6 is 15.9 Å². The van der Waals surface area contributed by atoms with Gasteiger partial charge in [0, 0.05) is 25.2 Å². The Labute approximate surface area is 103 Å². The van der Waals surface area contributed by atoms with Gasteiger partial charge in [-0.25, -0.2) is 0 Å². The molecule has 0 atom stereocenters. The average molecular weight is 288 g/mol. The number of hydrogen-bond donors (Lipinski definition) is 2. The van der Waals surface area contributed by atoms with Gasteiger partial charge in [-0.15, -0.1) is 0 Å². The Bertz CT molecular complexity index is 404. The third-order valence-corrected chi connectivity index (χ3v) is 3.21. The number of halogens is 1. The van der Waals surface area contributed by atoms with Crippen molar-refractivity contribution >= 4 is 15.9 Å². The molecule has 0 saturated carbocycles. The molecule has 1 aromatic rings. The van der Waals surface area contributed by atoms with E-state index in [-0.39, 0.29) is 11.4 Å². The first-order valence-electron chi connectivity index (χ1n) is 5.00. The predicted octanol–water partition coefficient (Wildman–Crippen LogP) is 1.90. The van der Waals surface area contributed by atoms with Crippen LogP contribution in [-0.4, -0.2) is 30.9 Å². The third kappa shape index (κ3) is 2.10. The van der Waals surface area contributed by atoms with Gasteiger partial charge in [-0.05, 0) is 22.9 Å². The molecule has 0 unspecified atom stereocenters. The molecule has 1 fully saturated rings. The number of methoxy groups -OCH3 is 1. The van der Waals surface area contributed by atoms with Crippen molar-refractivity contribution in [2.75, 3.05) is 20.2 Å². The van der Waals surface area contributed by atoms with E-state index < -0.39 is 0 Å². The normalized spacial score (nSPS) is 17.7. The molecule has 2 rings (SSSR count). The Morgan fingerprint density at radius 2 is 2.06 bits per heavy atom. The number of ether oxygens (including phenoxy) is 2. The van der Waals surface area contributed by atoms with E-state index in [1.54, 1.807) is 12.1 Å². The number of aromatic hydroxyl groups is 1. The van der Waals surface area contributed by atoms with Crippen LogP contribution in [0.1, 0.15) is 6.92 Å². The summed E-state index contributed by atoms with van der Waals surface area (Å²) >= 11 is 3.39. The molecule has 5 heteroatoms. The van der Waals surface area contributed by atoms with Crippen LogP contribution in [0.2, 0.25) is 0 Å². The topological polar surface area (TPSA) is 50.7 Å². The molecule has 4 nitrogen and oxygen atoms in total. The Morgan fingerprint density at radius 1 is 1.38 bits per heavy atom. The van der Waals surface area contributed by atoms with Gasteiger partial charge >= 0.3 is 0 Å². The van der Waals surface area contributed by atoms with Crippen LogP contribution in [0.4, 0.5) is 0 Å². The second-order valence-electron chi connectivity index (χ2n) is 4.11. The van der Waals surface area contributed by atoms with Gasteiger partial charge in [0.15, 0.2) is 11.5 Å². The molecule has 1 heterocycles. The van der Waals surface area contributed by atoms with E-state index in [0.29, 0.717) is 11.5 Å². The van der Waals surface area contributed by atoms with Crippen LogP contribution in [0.5, 0.6) is 17.2 Å². The molecule has 0 aliphatic carbocycles. The van der Waals surface area contributed by atoms with Crippen molar-refractivity contribution in [3.63, 3.8) is 0 Å². The summed E-state index contributed by atoms with van der Waals surface area (Å²) in [5.41, 5.74) is -0.191. The summed E-state index contributed by atoms with van der Waals surface area (Å²) in [6.45, 7) is 3.65. The van der Waals surface area contributed by atoms with E-state index in [0.717, 1.165) is 17.6 Å². The van der Waals surface area contributed by atoms with E-state index in [1.807, 2.05) is 6.92 Å². The first kappa shape index (κ1) is 11.5. The average Bonchev–Trinajstić information content (AvgIpc) is 2.20. The van der Waals surface area contributed by atoms with Crippen LogP contribution in [0.3, 0.4) is 0 Å². The van der Waals surface area contributed by atoms with Crippen LogP contribution in [0.25, 0.3) is 0 Å². The smallest absolute Gasteiger partial charge is 0.161 e. The minimum absolute atomic E-state index is 0.0802. The highest BCUT2D eigenvalue weighted by atomic mass is 79.9. The largest absolute Gasteiger partial charge is 0.504 e. The van der Waals surface area contributed by atoms with Crippen LogP contribution < -0.4 is 14.8 Å². The Kier molecular flexibility index (Phi) is 2.99. The summed E-state index contributed by atoms with van der Waals surface area (Å²) in [5, 5.41) is 12.8. The molecule has 0 bridgehead atoms. The molecule has 16 heavy (non-hydrogen) atoms. The van der Waals surface area contributed by atoms with Crippen LogP contribution in [0.15, 0.2) is 16.6 Å². The minimum atomic E-state index is -0.191. The number of nitrogens with one attached hydrogen (secondary N) is 1. The minimum Gasteiger partial charge on any atom is -0.504 e. The molecule has 1 aliphatic rings. The molecule has 0 aromatic heterocycles. The van der Waals surface area contributed by atoms with E-state index in [9.17, 15) is 5.11 Å². The molecule has 88 valence electrons. The Balaban J connectivity index is 2.24. The highest BCUT2D eigenvalue weighted by Gasteiger charge is 2.34. The van der Waals surface area contributed by atoms with Gasteiger partial charge in [0.25, 0.3) is 0 Å².